The lowest BCUT2D eigenvalue weighted by Crippen LogP contribution is -2.18. The highest BCUT2D eigenvalue weighted by atomic mass is 16.1. The summed E-state index contributed by atoms with van der Waals surface area (Å²) in [5, 5.41) is 19.8. The number of nitrogens with one attached hydrogen (secondary N) is 1. The summed E-state index contributed by atoms with van der Waals surface area (Å²) in [5.74, 6) is 0.234. The number of hydrogen-bond donors (Lipinski definition) is 1. The Labute approximate surface area is 135 Å². The molecule has 2 aromatic rings. The third-order valence-corrected chi connectivity index (χ3v) is 3.33. The van der Waals surface area contributed by atoms with E-state index < -0.39 is 0 Å². The van der Waals surface area contributed by atoms with Gasteiger partial charge in [-0.15, -0.1) is 0 Å². The minimum absolute atomic E-state index is 0.244. The molecule has 0 unspecified atom stereocenters. The number of amides is 1. The van der Waals surface area contributed by atoms with Crippen molar-refractivity contribution in [3.8, 4) is 6.07 Å². The molecule has 0 saturated heterocycles. The zero-order valence-corrected chi connectivity index (χ0v) is 13.7. The van der Waals surface area contributed by atoms with Crippen LogP contribution in [-0.2, 0) is 13.1 Å². The van der Waals surface area contributed by atoms with Crippen molar-refractivity contribution in [3.05, 3.63) is 29.7 Å². The maximum absolute atomic E-state index is 12.2. The van der Waals surface area contributed by atoms with Crippen molar-refractivity contribution in [1.82, 2.24) is 24.5 Å². The number of carbonyl (C=O) groups is 1. The molecule has 0 aromatic carbocycles. The molecule has 8 nitrogen and oxygen atoms in total. The molecular weight excluding hydrogens is 294 g/mol. The number of anilines is 1. The number of carbonyl (C=O) groups excluding carboxylic acids is 1. The highest BCUT2D eigenvalue weighted by Gasteiger charge is 2.12. The fourth-order valence-corrected chi connectivity index (χ4v) is 2.05. The van der Waals surface area contributed by atoms with Crippen LogP contribution in [0, 0.1) is 18.3 Å². The Balaban J connectivity index is 1.98. The van der Waals surface area contributed by atoms with E-state index in [1.54, 1.807) is 27.8 Å². The third-order valence-electron chi connectivity index (χ3n) is 3.33. The second-order valence-corrected chi connectivity index (χ2v) is 5.55. The van der Waals surface area contributed by atoms with Crippen molar-refractivity contribution in [2.45, 2.75) is 26.4 Å². The fourth-order valence-electron chi connectivity index (χ4n) is 2.05. The Morgan fingerprint density at radius 3 is 2.91 bits per heavy atom. The van der Waals surface area contributed by atoms with Crippen LogP contribution in [0.2, 0.25) is 0 Å². The summed E-state index contributed by atoms with van der Waals surface area (Å²) in [6.45, 7) is 3.98. The molecule has 23 heavy (non-hydrogen) atoms. The molecule has 0 bridgehead atoms. The highest BCUT2D eigenvalue weighted by molar-refractivity contribution is 6.03. The molecular formula is C15H21N7O. The number of nitrogens with zero attached hydrogens (tertiary/aromatic N) is 6. The molecule has 2 heterocycles. The summed E-state index contributed by atoms with van der Waals surface area (Å²) >= 11 is 0. The number of nitriles is 1. The largest absolute Gasteiger partial charge is 0.308 e. The lowest BCUT2D eigenvalue weighted by Gasteiger charge is -2.08. The molecule has 0 radical (unpaired) electrons. The standard InChI is InChI=1S/C15H21N7O/c1-12-9-14(19-22(12)6-4-5-16)18-15(23)13-10-17-21(11-13)8-7-20(2)3/h9-11H,4,6-8H2,1-3H3,(H,18,19,23). The molecule has 0 saturated carbocycles. The number of aromatic nitrogens is 4. The van der Waals surface area contributed by atoms with Gasteiger partial charge in [0.1, 0.15) is 0 Å². The van der Waals surface area contributed by atoms with Crippen LogP contribution >= 0.6 is 0 Å². The predicted molar refractivity (Wildman–Crippen MR) is 85.9 cm³/mol. The maximum Gasteiger partial charge on any atom is 0.260 e. The minimum atomic E-state index is -0.244. The third kappa shape index (κ3) is 4.66. The summed E-state index contributed by atoms with van der Waals surface area (Å²) in [7, 11) is 3.98. The molecule has 0 fully saturated rings. The summed E-state index contributed by atoms with van der Waals surface area (Å²) in [4.78, 5) is 14.3. The van der Waals surface area contributed by atoms with E-state index in [4.69, 9.17) is 5.26 Å². The van der Waals surface area contributed by atoms with E-state index >= 15 is 0 Å². The van der Waals surface area contributed by atoms with Crippen molar-refractivity contribution < 1.29 is 4.79 Å². The molecule has 0 aliphatic rings. The van der Waals surface area contributed by atoms with Gasteiger partial charge in [-0.3, -0.25) is 14.2 Å². The second-order valence-electron chi connectivity index (χ2n) is 5.55. The monoisotopic (exact) mass is 315 g/mol. The van der Waals surface area contributed by atoms with Crippen LogP contribution in [0.25, 0.3) is 0 Å². The first-order valence-electron chi connectivity index (χ1n) is 7.39. The van der Waals surface area contributed by atoms with Crippen LogP contribution in [-0.4, -0.2) is 51.0 Å². The van der Waals surface area contributed by atoms with Gasteiger partial charge in [-0.1, -0.05) is 0 Å². The molecule has 1 amide bonds. The molecule has 0 aliphatic carbocycles. The van der Waals surface area contributed by atoms with Crippen molar-refractivity contribution >= 4 is 11.7 Å². The van der Waals surface area contributed by atoms with E-state index in [-0.39, 0.29) is 5.91 Å². The van der Waals surface area contributed by atoms with Gasteiger partial charge in [0.05, 0.1) is 37.3 Å². The Morgan fingerprint density at radius 1 is 1.43 bits per heavy atom. The van der Waals surface area contributed by atoms with E-state index in [1.165, 1.54) is 0 Å². The number of hydrogen-bond acceptors (Lipinski definition) is 5. The zero-order valence-electron chi connectivity index (χ0n) is 13.7. The quantitative estimate of drug-likeness (QED) is 0.826. The molecule has 1 N–H and O–H groups in total. The fraction of sp³-hybridized carbons (Fsp3) is 0.467. The molecule has 122 valence electrons. The maximum atomic E-state index is 12.2. The first-order valence-corrected chi connectivity index (χ1v) is 7.39. The first-order chi connectivity index (χ1) is 11.0. The van der Waals surface area contributed by atoms with Gasteiger partial charge in [-0.05, 0) is 21.0 Å². The summed E-state index contributed by atoms with van der Waals surface area (Å²) in [5.41, 5.74) is 1.39. The van der Waals surface area contributed by atoms with E-state index in [0.717, 1.165) is 18.8 Å². The van der Waals surface area contributed by atoms with Crippen molar-refractivity contribution in [2.24, 2.45) is 0 Å². The van der Waals surface area contributed by atoms with Gasteiger partial charge in [-0.2, -0.15) is 15.5 Å². The Bertz CT molecular complexity index is 708. The topological polar surface area (TPSA) is 91.8 Å². The smallest absolute Gasteiger partial charge is 0.260 e. The Kier molecular flexibility index (Phi) is 5.49. The highest BCUT2D eigenvalue weighted by Crippen LogP contribution is 2.11. The van der Waals surface area contributed by atoms with Gasteiger partial charge >= 0.3 is 0 Å². The summed E-state index contributed by atoms with van der Waals surface area (Å²) < 4.78 is 3.45. The first kappa shape index (κ1) is 16.7. The van der Waals surface area contributed by atoms with Gasteiger partial charge < -0.3 is 10.2 Å². The molecule has 0 spiro atoms. The average molecular weight is 315 g/mol. The van der Waals surface area contributed by atoms with Gasteiger partial charge in [-0.25, -0.2) is 0 Å². The minimum Gasteiger partial charge on any atom is -0.308 e. The molecule has 2 aromatic heterocycles. The second kappa shape index (κ2) is 7.56. The lowest BCUT2D eigenvalue weighted by atomic mass is 10.3. The zero-order chi connectivity index (χ0) is 16.8. The van der Waals surface area contributed by atoms with Crippen molar-refractivity contribution in [3.63, 3.8) is 0 Å². The van der Waals surface area contributed by atoms with Crippen LogP contribution in [0.4, 0.5) is 5.82 Å². The van der Waals surface area contributed by atoms with Crippen LogP contribution in [0.1, 0.15) is 22.5 Å². The SMILES string of the molecule is Cc1cc(NC(=O)c2cnn(CCN(C)C)c2)nn1CCC#N. The van der Waals surface area contributed by atoms with Crippen LogP contribution in [0.15, 0.2) is 18.5 Å². The molecule has 0 aliphatic heterocycles. The molecule has 2 rings (SSSR count). The summed E-state index contributed by atoms with van der Waals surface area (Å²) in [6.07, 6.45) is 3.65. The lowest BCUT2D eigenvalue weighted by molar-refractivity contribution is 0.102. The van der Waals surface area contributed by atoms with E-state index in [1.807, 2.05) is 21.0 Å². The van der Waals surface area contributed by atoms with Crippen molar-refractivity contribution in [1.29, 1.82) is 5.26 Å². The summed E-state index contributed by atoms with van der Waals surface area (Å²) in [6, 6.07) is 3.86. The van der Waals surface area contributed by atoms with E-state index in [9.17, 15) is 4.79 Å². The Morgan fingerprint density at radius 2 is 2.22 bits per heavy atom. The normalized spacial score (nSPS) is 10.7. The van der Waals surface area contributed by atoms with E-state index in [2.05, 4.69) is 26.5 Å². The molecule has 8 heteroatoms. The van der Waals surface area contributed by atoms with Crippen LogP contribution in [0.5, 0.6) is 0 Å². The van der Waals surface area contributed by atoms with Gasteiger partial charge in [0.2, 0.25) is 0 Å². The number of rotatable bonds is 7. The van der Waals surface area contributed by atoms with Gasteiger partial charge in [0, 0.05) is 24.5 Å². The van der Waals surface area contributed by atoms with Gasteiger partial charge in [0.15, 0.2) is 5.82 Å². The predicted octanol–water partition coefficient (Wildman–Crippen LogP) is 1.12. The number of aryl methyl sites for hydroxylation is 2. The van der Waals surface area contributed by atoms with Gasteiger partial charge in [0.25, 0.3) is 5.91 Å². The van der Waals surface area contributed by atoms with Crippen LogP contribution < -0.4 is 5.32 Å². The Hall–Kier alpha value is -2.66. The number of likely N-dealkylation sites (N-methyl/N-ethyl adjacent to an activating group) is 1. The molecule has 0 atom stereocenters. The van der Waals surface area contributed by atoms with Crippen molar-refractivity contribution in [2.75, 3.05) is 26.0 Å². The average Bonchev–Trinajstić information content (AvgIpc) is 3.10. The van der Waals surface area contributed by atoms with Crippen LogP contribution in [0.3, 0.4) is 0 Å². The van der Waals surface area contributed by atoms with E-state index in [0.29, 0.717) is 24.3 Å².